The van der Waals surface area contributed by atoms with E-state index < -0.39 is 25.8 Å². The standard InChI is InChI=1S/C6H10BO5P/c7-6-3-4(8)5(12-6)1-2-13(9,10)11/h1-2,4-6,8H,3H2,(H2,9,10,11)/b2-1+/t4?,5-,6-/m1/s1. The van der Waals surface area contributed by atoms with Gasteiger partial charge in [0.2, 0.25) is 0 Å². The van der Waals surface area contributed by atoms with Crippen LogP contribution in [0.25, 0.3) is 0 Å². The SMILES string of the molecule is [B][C@H]1CC(O)[C@@H](/C=C/P(=O)(O)O)O1. The van der Waals surface area contributed by atoms with E-state index in [1.165, 1.54) is 0 Å². The largest absolute Gasteiger partial charge is 0.390 e. The lowest BCUT2D eigenvalue weighted by atomic mass is 9.96. The molecule has 13 heavy (non-hydrogen) atoms. The highest BCUT2D eigenvalue weighted by Crippen LogP contribution is 2.37. The Labute approximate surface area is 77.0 Å². The molecule has 1 heterocycles. The minimum absolute atomic E-state index is 0.274. The molecule has 1 fully saturated rings. The van der Waals surface area contributed by atoms with Crippen LogP contribution in [0.5, 0.6) is 0 Å². The Hall–Kier alpha value is -0.125. The topological polar surface area (TPSA) is 87.0 Å². The van der Waals surface area contributed by atoms with Gasteiger partial charge in [0.05, 0.1) is 6.10 Å². The number of hydrogen-bond acceptors (Lipinski definition) is 3. The number of aliphatic hydroxyl groups excluding tert-OH is 1. The molecule has 0 amide bonds. The summed E-state index contributed by atoms with van der Waals surface area (Å²) in [5.41, 5.74) is 0. The molecule has 7 heteroatoms. The minimum atomic E-state index is -4.18. The van der Waals surface area contributed by atoms with Gasteiger partial charge in [0.1, 0.15) is 14.0 Å². The van der Waals surface area contributed by atoms with Gasteiger partial charge in [-0.2, -0.15) is 0 Å². The molecule has 72 valence electrons. The first-order valence-electron chi connectivity index (χ1n) is 3.72. The summed E-state index contributed by atoms with van der Waals surface area (Å²) < 4.78 is 15.4. The highest BCUT2D eigenvalue weighted by molar-refractivity contribution is 7.55. The molecule has 1 rings (SSSR count). The van der Waals surface area contributed by atoms with E-state index >= 15 is 0 Å². The molecule has 0 spiro atoms. The summed E-state index contributed by atoms with van der Waals surface area (Å²) >= 11 is 0. The van der Waals surface area contributed by atoms with E-state index in [4.69, 9.17) is 22.4 Å². The second-order valence-corrected chi connectivity index (χ2v) is 4.35. The fourth-order valence-electron chi connectivity index (χ4n) is 1.09. The first-order valence-corrected chi connectivity index (χ1v) is 5.40. The molecule has 2 radical (unpaired) electrons. The Balaban J connectivity index is 2.55. The molecule has 1 unspecified atom stereocenters. The minimum Gasteiger partial charge on any atom is -0.390 e. The van der Waals surface area contributed by atoms with Gasteiger partial charge in [0.25, 0.3) is 0 Å². The van der Waals surface area contributed by atoms with Crippen molar-refractivity contribution in [3.63, 3.8) is 0 Å². The van der Waals surface area contributed by atoms with Gasteiger partial charge in [0, 0.05) is 11.8 Å². The second kappa shape index (κ2) is 3.94. The second-order valence-electron chi connectivity index (χ2n) is 2.87. The highest BCUT2D eigenvalue weighted by atomic mass is 31.2. The zero-order valence-corrected chi connectivity index (χ0v) is 7.67. The van der Waals surface area contributed by atoms with Crippen LogP contribution in [0.4, 0.5) is 0 Å². The van der Waals surface area contributed by atoms with E-state index in [1.54, 1.807) is 0 Å². The van der Waals surface area contributed by atoms with Gasteiger partial charge in [-0.15, -0.1) is 0 Å². The fourth-order valence-corrected chi connectivity index (χ4v) is 1.48. The van der Waals surface area contributed by atoms with Gasteiger partial charge in [-0.25, -0.2) is 0 Å². The number of aliphatic hydroxyl groups is 1. The molecular weight excluding hydrogens is 194 g/mol. The third kappa shape index (κ3) is 3.62. The quantitative estimate of drug-likeness (QED) is 0.409. The van der Waals surface area contributed by atoms with Crippen LogP contribution >= 0.6 is 7.60 Å². The van der Waals surface area contributed by atoms with Crippen molar-refractivity contribution in [1.29, 1.82) is 0 Å². The Morgan fingerprint density at radius 2 is 2.15 bits per heavy atom. The first kappa shape index (κ1) is 11.0. The zero-order valence-electron chi connectivity index (χ0n) is 6.78. The Morgan fingerprint density at radius 1 is 1.54 bits per heavy atom. The molecule has 0 saturated carbocycles. The van der Waals surface area contributed by atoms with E-state index in [9.17, 15) is 9.67 Å². The van der Waals surface area contributed by atoms with E-state index in [-0.39, 0.29) is 6.42 Å². The lowest BCUT2D eigenvalue weighted by molar-refractivity contribution is 0.0647. The van der Waals surface area contributed by atoms with Crippen molar-refractivity contribution in [2.24, 2.45) is 0 Å². The lowest BCUT2D eigenvalue weighted by Gasteiger charge is -2.08. The zero-order chi connectivity index (χ0) is 10.1. The number of ether oxygens (including phenoxy) is 1. The van der Waals surface area contributed by atoms with Crippen LogP contribution in [-0.2, 0) is 9.30 Å². The summed E-state index contributed by atoms with van der Waals surface area (Å²) in [7, 11) is 1.17. The first-order chi connectivity index (χ1) is 5.88. The van der Waals surface area contributed by atoms with E-state index in [1.807, 2.05) is 0 Å². The summed E-state index contributed by atoms with van der Waals surface area (Å²) in [6.07, 6.45) is -0.102. The summed E-state index contributed by atoms with van der Waals surface area (Å²) in [5, 5.41) is 9.25. The maximum Gasteiger partial charge on any atom is 0.348 e. The molecule has 1 aliphatic rings. The molecule has 0 aromatic carbocycles. The Kier molecular flexibility index (Phi) is 3.32. The fraction of sp³-hybridized carbons (Fsp3) is 0.667. The number of hydrogen-bond donors (Lipinski definition) is 3. The van der Waals surface area contributed by atoms with Crippen LogP contribution in [0, 0.1) is 0 Å². The summed E-state index contributed by atoms with van der Waals surface area (Å²) in [6, 6.07) is -0.568. The monoisotopic (exact) mass is 204 g/mol. The number of rotatable bonds is 2. The van der Waals surface area contributed by atoms with Crippen LogP contribution in [-0.4, -0.2) is 41.0 Å². The molecule has 0 bridgehead atoms. The van der Waals surface area contributed by atoms with Gasteiger partial charge in [-0.05, 0) is 12.5 Å². The van der Waals surface area contributed by atoms with Crippen molar-refractivity contribution in [1.82, 2.24) is 0 Å². The third-order valence-electron chi connectivity index (χ3n) is 1.65. The molecule has 0 aromatic heterocycles. The maximum absolute atomic E-state index is 10.4. The lowest BCUT2D eigenvalue weighted by Crippen LogP contribution is -2.17. The van der Waals surface area contributed by atoms with Crippen molar-refractivity contribution < 1.29 is 24.2 Å². The molecule has 1 aliphatic heterocycles. The van der Waals surface area contributed by atoms with E-state index in [2.05, 4.69) is 0 Å². The molecule has 3 atom stereocenters. The molecular formula is C6H10BO5P. The summed E-state index contributed by atoms with van der Waals surface area (Å²) in [6.45, 7) is 0. The van der Waals surface area contributed by atoms with Crippen LogP contribution in [0.15, 0.2) is 11.9 Å². The predicted molar refractivity (Wildman–Crippen MR) is 46.2 cm³/mol. The van der Waals surface area contributed by atoms with Crippen LogP contribution in [0.3, 0.4) is 0 Å². The Bertz CT molecular complexity index is 249. The summed E-state index contributed by atoms with van der Waals surface area (Å²) in [4.78, 5) is 17.0. The average molecular weight is 204 g/mol. The smallest absolute Gasteiger partial charge is 0.348 e. The normalized spacial score (nSPS) is 35.8. The average Bonchev–Trinajstić information content (AvgIpc) is 2.24. The van der Waals surface area contributed by atoms with Crippen molar-refractivity contribution in [2.45, 2.75) is 24.6 Å². The van der Waals surface area contributed by atoms with Gasteiger partial charge in [-0.3, -0.25) is 4.57 Å². The molecule has 1 saturated heterocycles. The predicted octanol–water partition coefficient (Wildman–Crippen LogP) is -0.678. The van der Waals surface area contributed by atoms with Gasteiger partial charge in [0.15, 0.2) is 0 Å². The van der Waals surface area contributed by atoms with Gasteiger partial charge in [-0.1, -0.05) is 0 Å². The Morgan fingerprint density at radius 3 is 2.54 bits per heavy atom. The molecule has 5 nitrogen and oxygen atoms in total. The molecule has 0 aliphatic carbocycles. The van der Waals surface area contributed by atoms with Crippen LogP contribution < -0.4 is 0 Å². The molecule has 3 N–H and O–H groups in total. The molecule has 0 aromatic rings. The van der Waals surface area contributed by atoms with Crippen molar-refractivity contribution in [2.75, 3.05) is 0 Å². The van der Waals surface area contributed by atoms with Gasteiger partial charge >= 0.3 is 7.60 Å². The summed E-state index contributed by atoms with van der Waals surface area (Å²) in [5.74, 6) is 0.707. The van der Waals surface area contributed by atoms with Crippen LogP contribution in [0.1, 0.15) is 6.42 Å². The van der Waals surface area contributed by atoms with E-state index in [0.717, 1.165) is 6.08 Å². The van der Waals surface area contributed by atoms with Crippen molar-refractivity contribution >= 4 is 15.4 Å². The van der Waals surface area contributed by atoms with Crippen molar-refractivity contribution in [3.05, 3.63) is 11.9 Å². The van der Waals surface area contributed by atoms with Crippen LogP contribution in [0.2, 0.25) is 0 Å². The van der Waals surface area contributed by atoms with Crippen molar-refractivity contribution in [3.8, 4) is 0 Å². The maximum atomic E-state index is 10.4. The van der Waals surface area contributed by atoms with E-state index in [0.29, 0.717) is 5.82 Å². The highest BCUT2D eigenvalue weighted by Gasteiger charge is 2.29. The van der Waals surface area contributed by atoms with Gasteiger partial charge < -0.3 is 19.6 Å². The third-order valence-corrected chi connectivity index (χ3v) is 2.22.